The summed E-state index contributed by atoms with van der Waals surface area (Å²) in [6.07, 6.45) is 7.12. The highest BCUT2D eigenvalue weighted by Gasteiger charge is 2.05. The number of aromatic amines is 1. The Morgan fingerprint density at radius 2 is 2.08 bits per heavy atom. The lowest BCUT2D eigenvalue weighted by atomic mass is 10.1. The van der Waals surface area contributed by atoms with Crippen LogP contribution >= 0.6 is 0 Å². The topological polar surface area (TPSA) is 41.6 Å². The van der Waals surface area contributed by atoms with Gasteiger partial charge in [0.15, 0.2) is 0 Å². The van der Waals surface area contributed by atoms with Gasteiger partial charge in [-0.25, -0.2) is 0 Å². The molecule has 2 aromatic heterocycles. The molecule has 0 bridgehead atoms. The second-order valence-corrected chi connectivity index (χ2v) is 3.04. The van der Waals surface area contributed by atoms with E-state index < -0.39 is 0 Å². The summed E-state index contributed by atoms with van der Waals surface area (Å²) in [6.45, 7) is 4.13. The van der Waals surface area contributed by atoms with Crippen molar-refractivity contribution in [1.82, 2.24) is 15.0 Å². The first-order chi connectivity index (χ1) is 6.29. The number of rotatable bonds is 1. The number of hydrogen-bond acceptors (Lipinski definition) is 2. The third-order valence-corrected chi connectivity index (χ3v) is 2.24. The zero-order valence-electron chi connectivity index (χ0n) is 7.70. The van der Waals surface area contributed by atoms with Gasteiger partial charge in [0.2, 0.25) is 0 Å². The lowest BCUT2D eigenvalue weighted by molar-refractivity contribution is 1.20. The summed E-state index contributed by atoms with van der Waals surface area (Å²) >= 11 is 0. The Balaban J connectivity index is 2.53. The van der Waals surface area contributed by atoms with Crippen LogP contribution in [0.15, 0.2) is 24.8 Å². The smallest absolute Gasteiger partial charge is 0.0903 e. The molecule has 13 heavy (non-hydrogen) atoms. The zero-order chi connectivity index (χ0) is 9.26. The van der Waals surface area contributed by atoms with Crippen LogP contribution in [0.1, 0.15) is 11.3 Å². The van der Waals surface area contributed by atoms with E-state index in [1.54, 1.807) is 18.6 Å². The number of nitrogens with one attached hydrogen (secondary N) is 1. The second kappa shape index (κ2) is 3.01. The third kappa shape index (κ3) is 1.33. The average Bonchev–Trinajstić information content (AvgIpc) is 2.49. The van der Waals surface area contributed by atoms with Gasteiger partial charge >= 0.3 is 0 Å². The van der Waals surface area contributed by atoms with E-state index in [2.05, 4.69) is 28.8 Å². The van der Waals surface area contributed by atoms with Crippen LogP contribution in [-0.4, -0.2) is 15.0 Å². The molecule has 2 rings (SSSR count). The van der Waals surface area contributed by atoms with Crippen molar-refractivity contribution in [3.63, 3.8) is 0 Å². The Hall–Kier alpha value is -1.64. The van der Waals surface area contributed by atoms with E-state index in [1.807, 2.05) is 6.20 Å². The maximum atomic E-state index is 4.24. The molecule has 0 saturated heterocycles. The molecule has 0 fully saturated rings. The summed E-state index contributed by atoms with van der Waals surface area (Å²) in [5.41, 5.74) is 4.47. The normalized spacial score (nSPS) is 10.3. The van der Waals surface area contributed by atoms with Crippen LogP contribution in [0, 0.1) is 13.8 Å². The first-order valence-corrected chi connectivity index (χ1v) is 4.20. The maximum Gasteiger partial charge on any atom is 0.0903 e. The van der Waals surface area contributed by atoms with Crippen molar-refractivity contribution in [3.8, 4) is 11.3 Å². The van der Waals surface area contributed by atoms with Gasteiger partial charge in [-0.2, -0.15) is 0 Å². The second-order valence-electron chi connectivity index (χ2n) is 3.04. The van der Waals surface area contributed by atoms with Crippen molar-refractivity contribution in [2.75, 3.05) is 0 Å². The Morgan fingerprint density at radius 3 is 2.62 bits per heavy atom. The van der Waals surface area contributed by atoms with Gasteiger partial charge in [-0.3, -0.25) is 9.97 Å². The molecule has 0 aliphatic carbocycles. The summed E-state index contributed by atoms with van der Waals surface area (Å²) in [6, 6.07) is 0. The molecule has 3 heteroatoms. The molecule has 66 valence electrons. The van der Waals surface area contributed by atoms with Gasteiger partial charge in [-0.1, -0.05) is 0 Å². The summed E-state index contributed by atoms with van der Waals surface area (Å²) in [5, 5.41) is 0. The minimum atomic E-state index is 0.921. The van der Waals surface area contributed by atoms with Crippen LogP contribution in [0.25, 0.3) is 11.3 Å². The predicted octanol–water partition coefficient (Wildman–Crippen LogP) is 2.09. The van der Waals surface area contributed by atoms with E-state index >= 15 is 0 Å². The van der Waals surface area contributed by atoms with Gasteiger partial charge < -0.3 is 4.98 Å². The molecule has 2 heterocycles. The fourth-order valence-electron chi connectivity index (χ4n) is 1.30. The Bertz CT molecular complexity index is 403. The molecule has 0 aromatic carbocycles. The van der Waals surface area contributed by atoms with E-state index in [-0.39, 0.29) is 0 Å². The van der Waals surface area contributed by atoms with E-state index in [4.69, 9.17) is 0 Å². The van der Waals surface area contributed by atoms with Crippen molar-refractivity contribution < 1.29 is 0 Å². The molecule has 0 spiro atoms. The first kappa shape index (κ1) is 7.98. The first-order valence-electron chi connectivity index (χ1n) is 4.20. The molecule has 3 nitrogen and oxygen atoms in total. The van der Waals surface area contributed by atoms with Crippen molar-refractivity contribution >= 4 is 0 Å². The summed E-state index contributed by atoms with van der Waals surface area (Å²) < 4.78 is 0. The number of H-pyrrole nitrogens is 1. The Kier molecular flexibility index (Phi) is 1.85. The van der Waals surface area contributed by atoms with Crippen molar-refractivity contribution in [2.24, 2.45) is 0 Å². The van der Waals surface area contributed by atoms with Gasteiger partial charge in [0.25, 0.3) is 0 Å². The summed E-state index contributed by atoms with van der Waals surface area (Å²) in [4.78, 5) is 11.4. The van der Waals surface area contributed by atoms with Crippen LogP contribution in [0.5, 0.6) is 0 Å². The van der Waals surface area contributed by atoms with E-state index in [0.29, 0.717) is 0 Å². The summed E-state index contributed by atoms with van der Waals surface area (Å²) in [5.74, 6) is 0. The highest BCUT2D eigenvalue weighted by atomic mass is 14.8. The molecular weight excluding hydrogens is 162 g/mol. The highest BCUT2D eigenvalue weighted by molar-refractivity contribution is 5.62. The lowest BCUT2D eigenvalue weighted by Crippen LogP contribution is -1.84. The quantitative estimate of drug-likeness (QED) is 0.717. The van der Waals surface area contributed by atoms with Crippen molar-refractivity contribution in [1.29, 1.82) is 0 Å². The van der Waals surface area contributed by atoms with Gasteiger partial charge in [-0.05, 0) is 19.4 Å². The Labute approximate surface area is 76.9 Å². The number of nitrogens with zero attached hydrogens (tertiary/aromatic N) is 2. The highest BCUT2D eigenvalue weighted by Crippen LogP contribution is 2.21. The van der Waals surface area contributed by atoms with Gasteiger partial charge in [0.1, 0.15) is 0 Å². The fourth-order valence-corrected chi connectivity index (χ4v) is 1.30. The molecule has 2 aromatic rings. The van der Waals surface area contributed by atoms with Crippen LogP contribution in [-0.2, 0) is 0 Å². The molecule has 0 saturated carbocycles. The van der Waals surface area contributed by atoms with Crippen molar-refractivity contribution in [3.05, 3.63) is 36.0 Å². The number of aryl methyl sites for hydroxylation is 1. The predicted molar refractivity (Wildman–Crippen MR) is 51.3 cm³/mol. The van der Waals surface area contributed by atoms with Crippen LogP contribution in [0.3, 0.4) is 0 Å². The standard InChI is InChI=1S/C10H11N3/c1-7-8(2)13-5-9(7)10-6-11-3-4-12-10/h3-6,13H,1-2H3. The average molecular weight is 173 g/mol. The molecule has 0 aliphatic rings. The number of hydrogen-bond donors (Lipinski definition) is 1. The minimum absolute atomic E-state index is 0.921. The van der Waals surface area contributed by atoms with E-state index in [0.717, 1.165) is 11.3 Å². The fraction of sp³-hybridized carbons (Fsp3) is 0.200. The summed E-state index contributed by atoms with van der Waals surface area (Å²) in [7, 11) is 0. The molecule has 0 unspecified atom stereocenters. The monoisotopic (exact) mass is 173 g/mol. The molecule has 1 N–H and O–H groups in total. The molecule has 0 amide bonds. The molecular formula is C10H11N3. The molecule has 0 atom stereocenters. The van der Waals surface area contributed by atoms with Gasteiger partial charge in [-0.15, -0.1) is 0 Å². The van der Waals surface area contributed by atoms with E-state index in [1.165, 1.54) is 11.3 Å². The van der Waals surface area contributed by atoms with Crippen LogP contribution in [0.4, 0.5) is 0 Å². The van der Waals surface area contributed by atoms with Crippen LogP contribution < -0.4 is 0 Å². The molecule has 0 radical (unpaired) electrons. The SMILES string of the molecule is Cc1[nH]cc(-c2cnccn2)c1C. The Morgan fingerprint density at radius 1 is 1.23 bits per heavy atom. The van der Waals surface area contributed by atoms with Gasteiger partial charge in [0.05, 0.1) is 11.9 Å². The van der Waals surface area contributed by atoms with Crippen LogP contribution in [0.2, 0.25) is 0 Å². The van der Waals surface area contributed by atoms with Gasteiger partial charge in [0, 0.05) is 29.8 Å². The number of aromatic nitrogens is 3. The lowest BCUT2D eigenvalue weighted by Gasteiger charge is -1.97. The van der Waals surface area contributed by atoms with E-state index in [9.17, 15) is 0 Å². The third-order valence-electron chi connectivity index (χ3n) is 2.24. The largest absolute Gasteiger partial charge is 0.364 e. The van der Waals surface area contributed by atoms with Crippen molar-refractivity contribution in [2.45, 2.75) is 13.8 Å². The molecule has 0 aliphatic heterocycles. The minimum Gasteiger partial charge on any atom is -0.364 e. The zero-order valence-corrected chi connectivity index (χ0v) is 7.70. The maximum absolute atomic E-state index is 4.24.